The van der Waals surface area contributed by atoms with Crippen molar-refractivity contribution in [3.63, 3.8) is 0 Å². The summed E-state index contributed by atoms with van der Waals surface area (Å²) in [5.41, 5.74) is 0.167. The first-order chi connectivity index (χ1) is 8.48. The molecule has 0 amide bonds. The predicted molar refractivity (Wildman–Crippen MR) is 78.6 cm³/mol. The van der Waals surface area contributed by atoms with Crippen LogP contribution in [-0.2, 0) is 0 Å². The first-order valence-corrected chi connectivity index (χ1v) is 6.99. The van der Waals surface area contributed by atoms with Crippen LogP contribution in [0.5, 0.6) is 11.5 Å². The van der Waals surface area contributed by atoms with Gasteiger partial charge in [-0.3, -0.25) is 0 Å². The summed E-state index contributed by atoms with van der Waals surface area (Å²) in [6.45, 7) is 8.04. The van der Waals surface area contributed by atoms with Crippen molar-refractivity contribution in [1.82, 2.24) is 5.32 Å². The number of benzene rings is 1. The second-order valence-electron chi connectivity index (χ2n) is 4.81. The van der Waals surface area contributed by atoms with Crippen LogP contribution in [0.25, 0.3) is 0 Å². The molecule has 18 heavy (non-hydrogen) atoms. The van der Waals surface area contributed by atoms with Crippen molar-refractivity contribution >= 4 is 15.9 Å². The Morgan fingerprint density at radius 1 is 1.33 bits per heavy atom. The molecule has 0 aromatic heterocycles. The monoisotopic (exact) mass is 315 g/mol. The third-order valence-corrected chi connectivity index (χ3v) is 3.61. The molecule has 0 unspecified atom stereocenters. The number of nitrogens with one attached hydrogen (secondary N) is 1. The highest BCUT2D eigenvalue weighted by atomic mass is 79.9. The van der Waals surface area contributed by atoms with Gasteiger partial charge in [-0.2, -0.15) is 0 Å². The Morgan fingerprint density at radius 2 is 2.06 bits per heavy atom. The van der Waals surface area contributed by atoms with E-state index >= 15 is 0 Å². The van der Waals surface area contributed by atoms with Gasteiger partial charge in [0.15, 0.2) is 0 Å². The lowest BCUT2D eigenvalue weighted by molar-refractivity contribution is 0.279. The van der Waals surface area contributed by atoms with Gasteiger partial charge in [-0.25, -0.2) is 0 Å². The zero-order valence-corrected chi connectivity index (χ0v) is 13.1. The Kier molecular flexibility index (Phi) is 5.96. The molecule has 0 aliphatic rings. The van der Waals surface area contributed by atoms with Crippen molar-refractivity contribution in [1.29, 1.82) is 0 Å². The first-order valence-electron chi connectivity index (χ1n) is 6.20. The van der Waals surface area contributed by atoms with Gasteiger partial charge in [0.05, 0.1) is 11.6 Å². The van der Waals surface area contributed by atoms with Crippen LogP contribution < -0.4 is 14.8 Å². The lowest BCUT2D eigenvalue weighted by atomic mass is 10.0. The van der Waals surface area contributed by atoms with Gasteiger partial charge in [-0.15, -0.1) is 0 Å². The summed E-state index contributed by atoms with van der Waals surface area (Å²) >= 11 is 3.47. The van der Waals surface area contributed by atoms with Gasteiger partial charge in [0.2, 0.25) is 0 Å². The fourth-order valence-corrected chi connectivity index (χ4v) is 1.87. The molecule has 0 spiro atoms. The van der Waals surface area contributed by atoms with E-state index in [0.29, 0.717) is 6.61 Å². The maximum atomic E-state index is 5.71. The van der Waals surface area contributed by atoms with Gasteiger partial charge < -0.3 is 14.8 Å². The molecule has 1 aromatic carbocycles. The lowest BCUT2D eigenvalue weighted by Crippen LogP contribution is -2.40. The average Bonchev–Trinajstić information content (AvgIpc) is 2.36. The van der Waals surface area contributed by atoms with E-state index in [1.165, 1.54) is 0 Å². The molecule has 3 nitrogen and oxygen atoms in total. The van der Waals surface area contributed by atoms with Gasteiger partial charge in [-0.1, -0.05) is 6.92 Å². The van der Waals surface area contributed by atoms with Crippen molar-refractivity contribution in [3.05, 3.63) is 22.7 Å². The van der Waals surface area contributed by atoms with E-state index in [2.05, 4.69) is 42.0 Å². The fraction of sp³-hybridized carbons (Fsp3) is 0.571. The molecule has 0 saturated carbocycles. The standard InChI is InChI=1S/C14H22BrNO2/c1-5-14(2,3)16-8-9-18-13-7-6-11(17-4)10-12(13)15/h6-7,10,16H,5,8-9H2,1-4H3. The molecule has 0 aliphatic heterocycles. The van der Waals surface area contributed by atoms with Gasteiger partial charge in [0, 0.05) is 12.1 Å². The lowest BCUT2D eigenvalue weighted by Gasteiger charge is -2.24. The van der Waals surface area contributed by atoms with E-state index in [1.807, 2.05) is 18.2 Å². The third kappa shape index (κ3) is 4.86. The summed E-state index contributed by atoms with van der Waals surface area (Å²) in [7, 11) is 1.65. The SMILES string of the molecule is CCC(C)(C)NCCOc1ccc(OC)cc1Br. The van der Waals surface area contributed by atoms with E-state index in [0.717, 1.165) is 28.9 Å². The zero-order chi connectivity index (χ0) is 13.6. The smallest absolute Gasteiger partial charge is 0.133 e. The highest BCUT2D eigenvalue weighted by Crippen LogP contribution is 2.28. The fourth-order valence-electron chi connectivity index (χ4n) is 1.40. The first kappa shape index (κ1) is 15.3. The predicted octanol–water partition coefficient (Wildman–Crippen LogP) is 3.61. The summed E-state index contributed by atoms with van der Waals surface area (Å²) < 4.78 is 11.8. The minimum absolute atomic E-state index is 0.167. The van der Waals surface area contributed by atoms with Crippen LogP contribution >= 0.6 is 15.9 Å². The molecule has 0 radical (unpaired) electrons. The third-order valence-electron chi connectivity index (χ3n) is 2.99. The number of hydrogen-bond donors (Lipinski definition) is 1. The van der Waals surface area contributed by atoms with Gasteiger partial charge in [0.25, 0.3) is 0 Å². The number of halogens is 1. The van der Waals surface area contributed by atoms with E-state index in [9.17, 15) is 0 Å². The Labute approximate surface area is 118 Å². The minimum atomic E-state index is 0.167. The van der Waals surface area contributed by atoms with E-state index < -0.39 is 0 Å². The summed E-state index contributed by atoms with van der Waals surface area (Å²) in [4.78, 5) is 0. The summed E-state index contributed by atoms with van der Waals surface area (Å²) in [6, 6.07) is 5.70. The number of methoxy groups -OCH3 is 1. The molecule has 1 aromatic rings. The summed E-state index contributed by atoms with van der Waals surface area (Å²) in [5, 5.41) is 3.46. The summed E-state index contributed by atoms with van der Waals surface area (Å²) in [6.07, 6.45) is 1.10. The van der Waals surface area contributed by atoms with Crippen molar-refractivity contribution in [2.45, 2.75) is 32.7 Å². The molecule has 0 saturated heterocycles. The Morgan fingerprint density at radius 3 is 2.61 bits per heavy atom. The van der Waals surface area contributed by atoms with Crippen molar-refractivity contribution < 1.29 is 9.47 Å². The topological polar surface area (TPSA) is 30.5 Å². The van der Waals surface area contributed by atoms with Crippen molar-refractivity contribution in [3.8, 4) is 11.5 Å². The molecule has 1 N–H and O–H groups in total. The molecular weight excluding hydrogens is 294 g/mol. The molecule has 0 atom stereocenters. The van der Waals surface area contributed by atoms with Gasteiger partial charge in [-0.05, 0) is 54.4 Å². The maximum Gasteiger partial charge on any atom is 0.133 e. The Bertz CT molecular complexity index is 380. The van der Waals surface area contributed by atoms with Crippen LogP contribution in [0.4, 0.5) is 0 Å². The molecule has 0 bridgehead atoms. The van der Waals surface area contributed by atoms with Crippen LogP contribution in [0.2, 0.25) is 0 Å². The normalized spacial score (nSPS) is 11.4. The number of hydrogen-bond acceptors (Lipinski definition) is 3. The van der Waals surface area contributed by atoms with Crippen LogP contribution in [-0.4, -0.2) is 25.8 Å². The van der Waals surface area contributed by atoms with Gasteiger partial charge in [0.1, 0.15) is 18.1 Å². The van der Waals surface area contributed by atoms with Crippen molar-refractivity contribution in [2.75, 3.05) is 20.3 Å². The van der Waals surface area contributed by atoms with Crippen molar-refractivity contribution in [2.24, 2.45) is 0 Å². The molecule has 102 valence electrons. The van der Waals surface area contributed by atoms with Crippen LogP contribution in [0.15, 0.2) is 22.7 Å². The molecule has 0 fully saturated rings. The highest BCUT2D eigenvalue weighted by Gasteiger charge is 2.13. The Balaban J connectivity index is 2.40. The zero-order valence-electron chi connectivity index (χ0n) is 11.5. The van der Waals surface area contributed by atoms with E-state index in [-0.39, 0.29) is 5.54 Å². The van der Waals surface area contributed by atoms with Gasteiger partial charge >= 0.3 is 0 Å². The minimum Gasteiger partial charge on any atom is -0.497 e. The quantitative estimate of drug-likeness (QED) is 0.780. The molecule has 4 heteroatoms. The van der Waals surface area contributed by atoms with Crippen LogP contribution in [0.1, 0.15) is 27.2 Å². The molecule has 0 heterocycles. The molecule has 0 aliphatic carbocycles. The second-order valence-corrected chi connectivity index (χ2v) is 5.66. The second kappa shape index (κ2) is 7.00. The van der Waals surface area contributed by atoms with Crippen LogP contribution in [0, 0.1) is 0 Å². The maximum absolute atomic E-state index is 5.71. The number of ether oxygens (including phenoxy) is 2. The highest BCUT2D eigenvalue weighted by molar-refractivity contribution is 9.10. The van der Waals surface area contributed by atoms with E-state index in [1.54, 1.807) is 7.11 Å². The summed E-state index contributed by atoms with van der Waals surface area (Å²) in [5.74, 6) is 1.66. The average molecular weight is 316 g/mol. The number of rotatable bonds is 7. The largest absolute Gasteiger partial charge is 0.497 e. The Hall–Kier alpha value is -0.740. The molecular formula is C14H22BrNO2. The van der Waals surface area contributed by atoms with E-state index in [4.69, 9.17) is 9.47 Å². The molecule has 1 rings (SSSR count). The van der Waals surface area contributed by atoms with Crippen LogP contribution in [0.3, 0.4) is 0 Å².